The molecule has 0 atom stereocenters. The fourth-order valence-corrected chi connectivity index (χ4v) is 2.27. The predicted octanol–water partition coefficient (Wildman–Crippen LogP) is 0.890. The summed E-state index contributed by atoms with van der Waals surface area (Å²) in [5.41, 5.74) is 2.48. The SMILES string of the molecule is C=CCNC(=O)COCC(=O)N1CCc2ccccc2C1. The van der Waals surface area contributed by atoms with Crippen molar-refractivity contribution in [2.24, 2.45) is 0 Å². The highest BCUT2D eigenvalue weighted by Gasteiger charge is 2.20. The normalized spacial score (nSPS) is 13.4. The molecule has 1 aromatic carbocycles. The van der Waals surface area contributed by atoms with Crippen molar-refractivity contribution < 1.29 is 14.3 Å². The van der Waals surface area contributed by atoms with Crippen LogP contribution in [0.1, 0.15) is 11.1 Å². The lowest BCUT2D eigenvalue weighted by Crippen LogP contribution is -2.39. The van der Waals surface area contributed by atoms with Crippen LogP contribution in [-0.2, 0) is 27.3 Å². The molecule has 0 fully saturated rings. The highest BCUT2D eigenvalue weighted by molar-refractivity contribution is 5.79. The lowest BCUT2D eigenvalue weighted by atomic mass is 10.00. The molecule has 5 heteroatoms. The molecule has 5 nitrogen and oxygen atoms in total. The molecule has 2 rings (SSSR count). The monoisotopic (exact) mass is 288 g/mol. The van der Waals surface area contributed by atoms with Crippen LogP contribution in [0, 0.1) is 0 Å². The minimum absolute atomic E-state index is 0.0658. The first-order valence-corrected chi connectivity index (χ1v) is 7.00. The highest BCUT2D eigenvalue weighted by Crippen LogP contribution is 2.18. The Morgan fingerprint density at radius 2 is 2.05 bits per heavy atom. The fourth-order valence-electron chi connectivity index (χ4n) is 2.27. The molecule has 0 spiro atoms. The molecule has 1 aliphatic heterocycles. The van der Waals surface area contributed by atoms with E-state index >= 15 is 0 Å². The topological polar surface area (TPSA) is 58.6 Å². The van der Waals surface area contributed by atoms with Gasteiger partial charge < -0.3 is 15.0 Å². The molecule has 1 aromatic rings. The Balaban J connectivity index is 1.75. The average molecular weight is 288 g/mol. The summed E-state index contributed by atoms with van der Waals surface area (Å²) in [7, 11) is 0. The summed E-state index contributed by atoms with van der Waals surface area (Å²) in [6, 6.07) is 8.13. The van der Waals surface area contributed by atoms with Gasteiger partial charge in [-0.15, -0.1) is 6.58 Å². The van der Waals surface area contributed by atoms with Gasteiger partial charge in [-0.25, -0.2) is 0 Å². The van der Waals surface area contributed by atoms with Gasteiger partial charge in [0, 0.05) is 19.6 Å². The Morgan fingerprint density at radius 1 is 1.29 bits per heavy atom. The van der Waals surface area contributed by atoms with E-state index in [0.717, 1.165) is 6.42 Å². The summed E-state index contributed by atoms with van der Waals surface area (Å²) in [5, 5.41) is 2.59. The molecule has 0 saturated carbocycles. The van der Waals surface area contributed by atoms with Crippen LogP contribution in [-0.4, -0.2) is 43.0 Å². The summed E-state index contributed by atoms with van der Waals surface area (Å²) in [5.74, 6) is -0.326. The summed E-state index contributed by atoms with van der Waals surface area (Å²) in [6.45, 7) is 5.04. The Hall–Kier alpha value is -2.14. The third-order valence-electron chi connectivity index (χ3n) is 3.39. The Labute approximate surface area is 124 Å². The van der Waals surface area contributed by atoms with Crippen LogP contribution in [0.4, 0.5) is 0 Å². The van der Waals surface area contributed by atoms with Crippen molar-refractivity contribution in [1.29, 1.82) is 0 Å². The second-order valence-corrected chi connectivity index (χ2v) is 4.92. The van der Waals surface area contributed by atoms with Crippen molar-refractivity contribution in [1.82, 2.24) is 10.2 Å². The van der Waals surface area contributed by atoms with E-state index in [1.165, 1.54) is 11.1 Å². The molecule has 0 aliphatic carbocycles. The van der Waals surface area contributed by atoms with E-state index in [1.807, 2.05) is 18.2 Å². The number of carbonyl (C=O) groups excluding carboxylic acids is 2. The fraction of sp³-hybridized carbons (Fsp3) is 0.375. The molecular formula is C16H20N2O3. The standard InChI is InChI=1S/C16H20N2O3/c1-2-8-17-15(19)11-21-12-16(20)18-9-7-13-5-3-4-6-14(13)10-18/h2-6H,1,7-12H2,(H,17,19). The molecule has 2 amide bonds. The number of ether oxygens (including phenoxy) is 1. The summed E-state index contributed by atoms with van der Waals surface area (Å²) >= 11 is 0. The molecule has 1 heterocycles. The van der Waals surface area contributed by atoms with Gasteiger partial charge in [0.2, 0.25) is 11.8 Å². The maximum atomic E-state index is 12.1. The first-order chi connectivity index (χ1) is 10.2. The number of amides is 2. The lowest BCUT2D eigenvalue weighted by molar-refractivity contribution is -0.139. The second kappa shape index (κ2) is 7.59. The van der Waals surface area contributed by atoms with Crippen LogP contribution in [0.2, 0.25) is 0 Å². The zero-order chi connectivity index (χ0) is 15.1. The summed E-state index contributed by atoms with van der Waals surface area (Å²) in [6.07, 6.45) is 2.45. The van der Waals surface area contributed by atoms with E-state index in [9.17, 15) is 9.59 Å². The largest absolute Gasteiger partial charge is 0.362 e. The summed E-state index contributed by atoms with van der Waals surface area (Å²) in [4.78, 5) is 25.1. The van der Waals surface area contributed by atoms with E-state index in [1.54, 1.807) is 11.0 Å². The van der Waals surface area contributed by atoms with Crippen LogP contribution in [0.3, 0.4) is 0 Å². The molecule has 0 radical (unpaired) electrons. The number of fused-ring (bicyclic) bond motifs is 1. The molecule has 0 bridgehead atoms. The van der Waals surface area contributed by atoms with Gasteiger partial charge >= 0.3 is 0 Å². The van der Waals surface area contributed by atoms with Crippen LogP contribution in [0.15, 0.2) is 36.9 Å². The van der Waals surface area contributed by atoms with Crippen LogP contribution >= 0.6 is 0 Å². The molecule has 112 valence electrons. The number of nitrogens with zero attached hydrogens (tertiary/aromatic N) is 1. The molecule has 1 aliphatic rings. The zero-order valence-corrected chi connectivity index (χ0v) is 12.0. The number of benzene rings is 1. The molecular weight excluding hydrogens is 268 g/mol. The van der Waals surface area contributed by atoms with E-state index in [-0.39, 0.29) is 25.0 Å². The maximum Gasteiger partial charge on any atom is 0.248 e. The number of nitrogens with one attached hydrogen (secondary N) is 1. The number of rotatable bonds is 6. The lowest BCUT2D eigenvalue weighted by Gasteiger charge is -2.28. The molecule has 21 heavy (non-hydrogen) atoms. The third kappa shape index (κ3) is 4.43. The quantitative estimate of drug-likeness (QED) is 0.791. The van der Waals surface area contributed by atoms with Crippen LogP contribution in [0.5, 0.6) is 0 Å². The molecule has 0 aromatic heterocycles. The zero-order valence-electron chi connectivity index (χ0n) is 12.0. The van der Waals surface area contributed by atoms with E-state index < -0.39 is 0 Å². The van der Waals surface area contributed by atoms with Gasteiger partial charge in [0.25, 0.3) is 0 Å². The molecule has 1 N–H and O–H groups in total. The summed E-state index contributed by atoms with van der Waals surface area (Å²) < 4.78 is 5.16. The Kier molecular flexibility index (Phi) is 5.51. The second-order valence-electron chi connectivity index (χ2n) is 4.92. The molecule has 0 saturated heterocycles. The van der Waals surface area contributed by atoms with Gasteiger partial charge in [-0.05, 0) is 17.5 Å². The van der Waals surface area contributed by atoms with Gasteiger partial charge in [-0.2, -0.15) is 0 Å². The van der Waals surface area contributed by atoms with Gasteiger partial charge in [0.1, 0.15) is 13.2 Å². The van der Waals surface area contributed by atoms with E-state index in [0.29, 0.717) is 19.6 Å². The van der Waals surface area contributed by atoms with Gasteiger partial charge in [-0.1, -0.05) is 30.3 Å². The van der Waals surface area contributed by atoms with Crippen molar-refractivity contribution in [3.63, 3.8) is 0 Å². The minimum atomic E-state index is -0.244. The predicted molar refractivity (Wildman–Crippen MR) is 79.6 cm³/mol. The highest BCUT2D eigenvalue weighted by atomic mass is 16.5. The average Bonchev–Trinajstić information content (AvgIpc) is 2.52. The number of carbonyl (C=O) groups is 2. The molecule has 0 unspecified atom stereocenters. The third-order valence-corrected chi connectivity index (χ3v) is 3.39. The minimum Gasteiger partial charge on any atom is -0.362 e. The van der Waals surface area contributed by atoms with Crippen molar-refractivity contribution in [3.05, 3.63) is 48.0 Å². The van der Waals surface area contributed by atoms with Crippen molar-refractivity contribution in [2.75, 3.05) is 26.3 Å². The van der Waals surface area contributed by atoms with Gasteiger partial charge in [0.05, 0.1) is 0 Å². The van der Waals surface area contributed by atoms with Gasteiger partial charge in [0.15, 0.2) is 0 Å². The maximum absolute atomic E-state index is 12.1. The van der Waals surface area contributed by atoms with Gasteiger partial charge in [-0.3, -0.25) is 9.59 Å². The van der Waals surface area contributed by atoms with Crippen LogP contribution < -0.4 is 5.32 Å². The van der Waals surface area contributed by atoms with Crippen molar-refractivity contribution in [3.8, 4) is 0 Å². The first-order valence-electron chi connectivity index (χ1n) is 7.00. The van der Waals surface area contributed by atoms with Crippen molar-refractivity contribution >= 4 is 11.8 Å². The van der Waals surface area contributed by atoms with E-state index in [4.69, 9.17) is 4.74 Å². The Bertz CT molecular complexity index is 528. The van der Waals surface area contributed by atoms with E-state index in [2.05, 4.69) is 18.0 Å². The number of hydrogen-bond acceptors (Lipinski definition) is 3. The first kappa shape index (κ1) is 15.3. The van der Waals surface area contributed by atoms with Crippen molar-refractivity contribution in [2.45, 2.75) is 13.0 Å². The van der Waals surface area contributed by atoms with Crippen LogP contribution in [0.25, 0.3) is 0 Å². The number of hydrogen-bond donors (Lipinski definition) is 1. The Morgan fingerprint density at radius 3 is 2.81 bits per heavy atom. The smallest absolute Gasteiger partial charge is 0.248 e.